The first-order valence-electron chi connectivity index (χ1n) is 7.20. The maximum atomic E-state index is 11.1. The number of rotatable bonds is 5. The highest BCUT2D eigenvalue weighted by Crippen LogP contribution is 2.37. The molecule has 1 aliphatic carbocycles. The summed E-state index contributed by atoms with van der Waals surface area (Å²) in [5.41, 5.74) is 0. The normalized spacial score (nSPS) is 29.0. The predicted octanol–water partition coefficient (Wildman–Crippen LogP) is 4.20. The second-order valence-corrected chi connectivity index (χ2v) is 5.50. The predicted molar refractivity (Wildman–Crippen MR) is 68.4 cm³/mol. The van der Waals surface area contributed by atoms with Gasteiger partial charge in [-0.3, -0.25) is 4.79 Å². The summed E-state index contributed by atoms with van der Waals surface area (Å²) < 4.78 is 5.26. The van der Waals surface area contributed by atoms with Crippen LogP contribution in [0.3, 0.4) is 0 Å². The lowest BCUT2D eigenvalue weighted by Crippen LogP contribution is -2.17. The minimum atomic E-state index is -0.0648. The molecule has 2 aliphatic rings. The number of hydrogen-bond acceptors (Lipinski definition) is 2. The van der Waals surface area contributed by atoms with Gasteiger partial charge in [-0.1, -0.05) is 32.6 Å². The van der Waals surface area contributed by atoms with E-state index in [2.05, 4.69) is 6.92 Å². The smallest absolute Gasteiger partial charge is 0.314 e. The first kappa shape index (κ1) is 12.7. The third kappa shape index (κ3) is 3.58. The fourth-order valence-corrected chi connectivity index (χ4v) is 3.07. The molecule has 17 heavy (non-hydrogen) atoms. The molecule has 1 saturated carbocycles. The molecule has 0 aromatic rings. The van der Waals surface area contributed by atoms with Crippen molar-refractivity contribution in [2.75, 3.05) is 0 Å². The fourth-order valence-electron chi connectivity index (χ4n) is 3.07. The Labute approximate surface area is 104 Å². The molecular formula is C15H24O2. The molecule has 1 heterocycles. The van der Waals surface area contributed by atoms with Crippen molar-refractivity contribution in [3.05, 3.63) is 11.8 Å². The van der Waals surface area contributed by atoms with Gasteiger partial charge in [0.2, 0.25) is 0 Å². The molecule has 0 aromatic heterocycles. The molecule has 0 atom stereocenters. The zero-order valence-corrected chi connectivity index (χ0v) is 10.9. The monoisotopic (exact) mass is 236 g/mol. The Morgan fingerprint density at radius 1 is 1.24 bits per heavy atom. The number of allylic oxidation sites excluding steroid dienone is 1. The van der Waals surface area contributed by atoms with E-state index in [1.807, 2.05) is 6.08 Å². The van der Waals surface area contributed by atoms with Crippen molar-refractivity contribution < 1.29 is 9.53 Å². The minimum absolute atomic E-state index is 0.0648. The highest BCUT2D eigenvalue weighted by Gasteiger charge is 2.28. The summed E-state index contributed by atoms with van der Waals surface area (Å²) in [6.07, 6.45) is 13.1. The van der Waals surface area contributed by atoms with Crippen LogP contribution in [0.15, 0.2) is 11.8 Å². The van der Waals surface area contributed by atoms with Crippen molar-refractivity contribution in [3.63, 3.8) is 0 Å². The van der Waals surface area contributed by atoms with E-state index in [0.29, 0.717) is 12.3 Å². The van der Waals surface area contributed by atoms with Crippen molar-refractivity contribution >= 4 is 5.97 Å². The molecule has 0 bridgehead atoms. The summed E-state index contributed by atoms with van der Waals surface area (Å²) in [4.78, 5) is 11.1. The van der Waals surface area contributed by atoms with Crippen LogP contribution in [0.5, 0.6) is 0 Å². The summed E-state index contributed by atoms with van der Waals surface area (Å²) in [5, 5.41) is 0. The average molecular weight is 236 g/mol. The van der Waals surface area contributed by atoms with Crippen LogP contribution in [0.2, 0.25) is 0 Å². The van der Waals surface area contributed by atoms with E-state index in [-0.39, 0.29) is 5.97 Å². The molecule has 0 amide bonds. The Balaban J connectivity index is 1.69. The second-order valence-electron chi connectivity index (χ2n) is 5.50. The van der Waals surface area contributed by atoms with Gasteiger partial charge < -0.3 is 4.74 Å². The van der Waals surface area contributed by atoms with Crippen molar-refractivity contribution in [2.45, 2.75) is 64.7 Å². The first-order chi connectivity index (χ1) is 8.29. The molecule has 0 radical (unpaired) electrons. The Morgan fingerprint density at radius 3 is 2.59 bits per heavy atom. The van der Waals surface area contributed by atoms with Gasteiger partial charge in [0.1, 0.15) is 5.76 Å². The summed E-state index contributed by atoms with van der Waals surface area (Å²) in [6, 6.07) is 0. The lowest BCUT2D eigenvalue weighted by molar-refractivity contribution is -0.137. The van der Waals surface area contributed by atoms with Gasteiger partial charge in [0, 0.05) is 5.92 Å². The van der Waals surface area contributed by atoms with E-state index < -0.39 is 0 Å². The summed E-state index contributed by atoms with van der Waals surface area (Å²) >= 11 is 0. The van der Waals surface area contributed by atoms with E-state index in [0.717, 1.165) is 11.7 Å². The number of carbonyl (C=O) groups excluding carboxylic acids is 1. The van der Waals surface area contributed by atoms with Gasteiger partial charge in [0.25, 0.3) is 0 Å². The minimum Gasteiger partial charge on any atom is -0.431 e. The third-order valence-corrected chi connectivity index (χ3v) is 4.17. The van der Waals surface area contributed by atoms with Gasteiger partial charge in [0.15, 0.2) is 0 Å². The molecule has 1 aliphatic heterocycles. The van der Waals surface area contributed by atoms with Crippen molar-refractivity contribution in [1.29, 1.82) is 0 Å². The van der Waals surface area contributed by atoms with Crippen molar-refractivity contribution in [2.24, 2.45) is 11.8 Å². The van der Waals surface area contributed by atoms with Crippen LogP contribution in [0.25, 0.3) is 0 Å². The van der Waals surface area contributed by atoms with Gasteiger partial charge in [-0.15, -0.1) is 0 Å². The van der Waals surface area contributed by atoms with Crippen LogP contribution in [-0.4, -0.2) is 5.97 Å². The van der Waals surface area contributed by atoms with Crippen LogP contribution in [-0.2, 0) is 9.53 Å². The maximum Gasteiger partial charge on any atom is 0.314 e. The first-order valence-corrected chi connectivity index (χ1v) is 7.20. The van der Waals surface area contributed by atoms with Gasteiger partial charge in [-0.05, 0) is 37.7 Å². The van der Waals surface area contributed by atoms with E-state index in [4.69, 9.17) is 4.74 Å². The van der Waals surface area contributed by atoms with Crippen LogP contribution < -0.4 is 0 Å². The maximum absolute atomic E-state index is 11.1. The van der Waals surface area contributed by atoms with Crippen LogP contribution in [0, 0.1) is 11.8 Å². The van der Waals surface area contributed by atoms with Crippen molar-refractivity contribution in [1.82, 2.24) is 0 Å². The van der Waals surface area contributed by atoms with Gasteiger partial charge in [-0.25, -0.2) is 0 Å². The molecular weight excluding hydrogens is 212 g/mol. The number of hydrogen-bond donors (Lipinski definition) is 0. The Bertz CT molecular complexity index is 285. The molecule has 1 fully saturated rings. The Kier molecular flexibility index (Phi) is 4.64. The third-order valence-electron chi connectivity index (χ3n) is 4.17. The van der Waals surface area contributed by atoms with E-state index in [1.54, 1.807) is 0 Å². The quantitative estimate of drug-likeness (QED) is 0.528. The fraction of sp³-hybridized carbons (Fsp3) is 0.800. The zero-order chi connectivity index (χ0) is 12.1. The number of ether oxygens (including phenoxy) is 1. The largest absolute Gasteiger partial charge is 0.431 e. The van der Waals surface area contributed by atoms with Gasteiger partial charge in [-0.2, -0.15) is 0 Å². The SMILES string of the molecule is CCCCCC1CCC(C2=CCC(=O)O2)CC1. The van der Waals surface area contributed by atoms with E-state index in [9.17, 15) is 4.79 Å². The van der Waals surface area contributed by atoms with Gasteiger partial charge in [0.05, 0.1) is 6.42 Å². The van der Waals surface area contributed by atoms with Crippen LogP contribution in [0.4, 0.5) is 0 Å². The molecule has 0 N–H and O–H groups in total. The standard InChI is InChI=1S/C15H24O2/c1-2-3-4-5-12-6-8-13(9-7-12)14-10-11-15(16)17-14/h10,12-13H,2-9,11H2,1H3. The molecule has 0 spiro atoms. The van der Waals surface area contributed by atoms with Crippen LogP contribution >= 0.6 is 0 Å². The van der Waals surface area contributed by atoms with Crippen molar-refractivity contribution in [3.8, 4) is 0 Å². The van der Waals surface area contributed by atoms with Crippen LogP contribution in [0.1, 0.15) is 64.7 Å². The van der Waals surface area contributed by atoms with E-state index in [1.165, 1.54) is 51.4 Å². The molecule has 0 aromatic carbocycles. The van der Waals surface area contributed by atoms with Gasteiger partial charge >= 0.3 is 5.97 Å². The molecule has 96 valence electrons. The zero-order valence-electron chi connectivity index (χ0n) is 10.9. The Morgan fingerprint density at radius 2 is 2.00 bits per heavy atom. The van der Waals surface area contributed by atoms with E-state index >= 15 is 0 Å². The summed E-state index contributed by atoms with van der Waals surface area (Å²) in [6.45, 7) is 2.26. The highest BCUT2D eigenvalue weighted by atomic mass is 16.5. The summed E-state index contributed by atoms with van der Waals surface area (Å²) in [5.74, 6) is 2.37. The topological polar surface area (TPSA) is 26.3 Å². The summed E-state index contributed by atoms with van der Waals surface area (Å²) in [7, 11) is 0. The molecule has 2 rings (SSSR count). The number of unbranched alkanes of at least 4 members (excludes halogenated alkanes) is 2. The second kappa shape index (κ2) is 6.23. The highest BCUT2D eigenvalue weighted by molar-refractivity contribution is 5.75. The molecule has 2 heteroatoms. The molecule has 0 saturated heterocycles. The number of cyclic esters (lactones) is 1. The molecule has 2 nitrogen and oxygen atoms in total. The number of carbonyl (C=O) groups is 1. The molecule has 0 unspecified atom stereocenters. The lowest BCUT2D eigenvalue weighted by atomic mass is 9.79. The number of esters is 1. The lowest BCUT2D eigenvalue weighted by Gasteiger charge is -2.28. The average Bonchev–Trinajstić information content (AvgIpc) is 2.77. The Hall–Kier alpha value is -0.790.